The Morgan fingerprint density at radius 3 is 2.50 bits per heavy atom. The quantitative estimate of drug-likeness (QED) is 0.776. The van der Waals surface area contributed by atoms with Crippen LogP contribution in [-0.2, 0) is 0 Å². The van der Waals surface area contributed by atoms with Crippen molar-refractivity contribution < 1.29 is 9.90 Å². The molecule has 1 fully saturated rings. The summed E-state index contributed by atoms with van der Waals surface area (Å²) < 4.78 is 0. The van der Waals surface area contributed by atoms with Crippen molar-refractivity contribution in [1.29, 1.82) is 0 Å². The van der Waals surface area contributed by atoms with E-state index in [4.69, 9.17) is 0 Å². The number of aliphatic hydroxyl groups excluding tert-OH is 1. The molecule has 1 aliphatic rings. The molecule has 1 aromatic carbocycles. The molecule has 2 N–H and O–H groups in total. The molecule has 0 heterocycles. The van der Waals surface area contributed by atoms with E-state index >= 15 is 0 Å². The topological polar surface area (TPSA) is 52.6 Å². The molecule has 122 valence electrons. The van der Waals surface area contributed by atoms with E-state index in [1.807, 2.05) is 31.2 Å². The lowest BCUT2D eigenvalue weighted by atomic mass is 9.96. The van der Waals surface area contributed by atoms with Crippen molar-refractivity contribution in [3.63, 3.8) is 0 Å². The summed E-state index contributed by atoms with van der Waals surface area (Å²) in [5.41, 5.74) is 1.28. The van der Waals surface area contributed by atoms with Gasteiger partial charge in [0.25, 0.3) is 5.91 Å². The van der Waals surface area contributed by atoms with Gasteiger partial charge in [-0.1, -0.05) is 13.3 Å². The Labute approximate surface area is 133 Å². The van der Waals surface area contributed by atoms with Crippen LogP contribution in [0.15, 0.2) is 24.3 Å². The summed E-state index contributed by atoms with van der Waals surface area (Å²) in [5.74, 6) is 0.298. The molecule has 4 heteroatoms. The van der Waals surface area contributed by atoms with E-state index < -0.39 is 5.54 Å². The first-order valence-corrected chi connectivity index (χ1v) is 8.24. The number of nitrogens with one attached hydrogen (secondary N) is 1. The van der Waals surface area contributed by atoms with E-state index in [0.29, 0.717) is 11.5 Å². The largest absolute Gasteiger partial charge is 0.394 e. The van der Waals surface area contributed by atoms with Crippen molar-refractivity contribution in [1.82, 2.24) is 5.32 Å². The molecule has 22 heavy (non-hydrogen) atoms. The minimum Gasteiger partial charge on any atom is -0.394 e. The third-order valence-electron chi connectivity index (χ3n) is 4.62. The molecule has 1 aromatic rings. The first-order valence-electron chi connectivity index (χ1n) is 8.24. The Morgan fingerprint density at radius 1 is 1.36 bits per heavy atom. The number of carbonyl (C=O) groups excluding carboxylic acids is 1. The molecule has 2 rings (SSSR count). The minimum absolute atomic E-state index is 0.0127. The van der Waals surface area contributed by atoms with Gasteiger partial charge < -0.3 is 15.3 Å². The molecule has 0 radical (unpaired) electrons. The number of amides is 1. The second kappa shape index (κ2) is 7.14. The predicted molar refractivity (Wildman–Crippen MR) is 90.3 cm³/mol. The summed E-state index contributed by atoms with van der Waals surface area (Å²) in [4.78, 5) is 14.6. The number of hydrogen-bond acceptors (Lipinski definition) is 3. The van der Waals surface area contributed by atoms with Gasteiger partial charge in [-0.3, -0.25) is 4.79 Å². The summed E-state index contributed by atoms with van der Waals surface area (Å²) in [6, 6.07) is 7.69. The zero-order valence-electron chi connectivity index (χ0n) is 13.9. The Balaban J connectivity index is 1.98. The van der Waals surface area contributed by atoms with Gasteiger partial charge in [-0.05, 0) is 56.4 Å². The SMILES string of the molecule is CCCCN(C)c1ccc(C(=O)NC(C)(CO)C2CC2)cc1. The number of carbonyl (C=O) groups is 1. The Kier molecular flexibility index (Phi) is 5.46. The Bertz CT molecular complexity index is 496. The highest BCUT2D eigenvalue weighted by Crippen LogP contribution is 2.39. The number of hydrogen-bond donors (Lipinski definition) is 2. The van der Waals surface area contributed by atoms with E-state index in [0.717, 1.165) is 31.5 Å². The van der Waals surface area contributed by atoms with Crippen LogP contribution in [-0.4, -0.2) is 36.8 Å². The van der Waals surface area contributed by atoms with Gasteiger partial charge in [0.2, 0.25) is 0 Å². The number of aliphatic hydroxyl groups is 1. The first-order chi connectivity index (χ1) is 10.5. The zero-order chi connectivity index (χ0) is 16.2. The summed E-state index contributed by atoms with van der Waals surface area (Å²) in [5, 5.41) is 12.6. The molecule has 0 spiro atoms. The van der Waals surface area contributed by atoms with E-state index in [9.17, 15) is 9.90 Å². The second-order valence-corrected chi connectivity index (χ2v) is 6.63. The maximum absolute atomic E-state index is 12.4. The van der Waals surface area contributed by atoms with E-state index in [2.05, 4.69) is 24.2 Å². The van der Waals surface area contributed by atoms with Gasteiger partial charge >= 0.3 is 0 Å². The lowest BCUT2D eigenvalue weighted by molar-refractivity contribution is 0.0824. The zero-order valence-corrected chi connectivity index (χ0v) is 13.9. The van der Waals surface area contributed by atoms with Crippen LogP contribution in [0, 0.1) is 5.92 Å². The van der Waals surface area contributed by atoms with E-state index in [1.54, 1.807) is 0 Å². The number of anilines is 1. The number of benzene rings is 1. The van der Waals surface area contributed by atoms with E-state index in [-0.39, 0.29) is 12.5 Å². The first kappa shape index (κ1) is 16.8. The van der Waals surface area contributed by atoms with Gasteiger partial charge in [0.1, 0.15) is 0 Å². The Morgan fingerprint density at radius 2 is 2.00 bits per heavy atom. The molecule has 0 saturated heterocycles. The van der Waals surface area contributed by atoms with Crippen LogP contribution in [0.1, 0.15) is 49.9 Å². The second-order valence-electron chi connectivity index (χ2n) is 6.63. The van der Waals surface area contributed by atoms with Crippen LogP contribution in [0.4, 0.5) is 5.69 Å². The van der Waals surface area contributed by atoms with Gasteiger partial charge in [-0.25, -0.2) is 0 Å². The van der Waals surface area contributed by atoms with E-state index in [1.165, 1.54) is 6.42 Å². The third kappa shape index (κ3) is 4.01. The maximum atomic E-state index is 12.4. The number of nitrogens with zero attached hydrogens (tertiary/aromatic N) is 1. The fraction of sp³-hybridized carbons (Fsp3) is 0.611. The molecule has 4 nitrogen and oxygen atoms in total. The smallest absolute Gasteiger partial charge is 0.251 e. The number of unbranched alkanes of at least 4 members (excludes halogenated alkanes) is 1. The van der Waals surface area contributed by atoms with Crippen molar-refractivity contribution in [3.8, 4) is 0 Å². The maximum Gasteiger partial charge on any atom is 0.251 e. The van der Waals surface area contributed by atoms with Crippen LogP contribution in [0.2, 0.25) is 0 Å². The van der Waals surface area contributed by atoms with Crippen molar-refractivity contribution in [2.24, 2.45) is 5.92 Å². The fourth-order valence-electron chi connectivity index (χ4n) is 2.71. The molecule has 0 aliphatic heterocycles. The average molecular weight is 304 g/mol. The monoisotopic (exact) mass is 304 g/mol. The fourth-order valence-corrected chi connectivity index (χ4v) is 2.71. The molecule has 1 atom stereocenters. The van der Waals surface area contributed by atoms with Crippen LogP contribution in [0.5, 0.6) is 0 Å². The molecule has 1 unspecified atom stereocenters. The van der Waals surface area contributed by atoms with Gasteiger partial charge in [0.05, 0.1) is 12.1 Å². The molecule has 1 aliphatic carbocycles. The predicted octanol–water partition coefficient (Wildman–Crippen LogP) is 2.81. The van der Waals surface area contributed by atoms with Crippen molar-refractivity contribution >= 4 is 11.6 Å². The highest BCUT2D eigenvalue weighted by molar-refractivity contribution is 5.95. The van der Waals surface area contributed by atoms with Gasteiger partial charge in [0.15, 0.2) is 0 Å². The molecule has 1 saturated carbocycles. The van der Waals surface area contributed by atoms with Gasteiger partial charge in [-0.2, -0.15) is 0 Å². The van der Waals surface area contributed by atoms with Crippen LogP contribution in [0.25, 0.3) is 0 Å². The Hall–Kier alpha value is -1.55. The summed E-state index contributed by atoms with van der Waals surface area (Å²) >= 11 is 0. The van der Waals surface area contributed by atoms with Crippen molar-refractivity contribution in [3.05, 3.63) is 29.8 Å². The summed E-state index contributed by atoms with van der Waals surface area (Å²) in [6.07, 6.45) is 4.50. The van der Waals surface area contributed by atoms with Crippen molar-refractivity contribution in [2.75, 3.05) is 25.1 Å². The van der Waals surface area contributed by atoms with Crippen molar-refractivity contribution in [2.45, 2.75) is 45.1 Å². The standard InChI is InChI=1S/C18H28N2O2/c1-4-5-12-20(3)16-10-6-14(7-11-16)17(22)19-18(2,13-21)15-8-9-15/h6-7,10-11,15,21H,4-5,8-9,12-13H2,1-3H3,(H,19,22). The highest BCUT2D eigenvalue weighted by atomic mass is 16.3. The molecule has 0 aromatic heterocycles. The molecule has 0 bridgehead atoms. The molecular weight excluding hydrogens is 276 g/mol. The summed E-state index contributed by atoms with van der Waals surface area (Å²) in [6.45, 7) is 5.11. The van der Waals surface area contributed by atoms with Gasteiger partial charge in [0, 0.05) is 24.8 Å². The molecular formula is C18H28N2O2. The van der Waals surface area contributed by atoms with Gasteiger partial charge in [-0.15, -0.1) is 0 Å². The minimum atomic E-state index is -0.492. The summed E-state index contributed by atoms with van der Waals surface area (Å²) in [7, 11) is 2.07. The third-order valence-corrected chi connectivity index (χ3v) is 4.62. The lowest BCUT2D eigenvalue weighted by Gasteiger charge is -2.29. The number of rotatable bonds is 8. The van der Waals surface area contributed by atoms with Crippen LogP contribution < -0.4 is 10.2 Å². The highest BCUT2D eigenvalue weighted by Gasteiger charge is 2.42. The average Bonchev–Trinajstić information content (AvgIpc) is 3.37. The normalized spacial score (nSPS) is 16.9. The lowest BCUT2D eigenvalue weighted by Crippen LogP contribution is -2.50. The van der Waals surface area contributed by atoms with Crippen LogP contribution in [0.3, 0.4) is 0 Å². The molecule has 1 amide bonds. The van der Waals surface area contributed by atoms with Crippen LogP contribution >= 0.6 is 0 Å².